The lowest BCUT2D eigenvalue weighted by molar-refractivity contribution is -0.140. The van der Waals surface area contributed by atoms with Crippen molar-refractivity contribution in [2.24, 2.45) is 5.92 Å². The molecule has 0 saturated heterocycles. The number of ether oxygens (including phenoxy) is 3. The van der Waals surface area contributed by atoms with E-state index >= 15 is 0 Å². The van der Waals surface area contributed by atoms with Gasteiger partial charge in [-0.1, -0.05) is 13.8 Å². The van der Waals surface area contributed by atoms with Crippen LogP contribution in [0.1, 0.15) is 33.6 Å². The molecule has 0 saturated carbocycles. The fourth-order valence-corrected chi connectivity index (χ4v) is 2.25. The molecular formula is C14H22O5. The maximum Gasteiger partial charge on any atom is 0.341 e. The normalized spacial score (nSPS) is 17.2. The van der Waals surface area contributed by atoms with Gasteiger partial charge in [0.05, 0.1) is 12.7 Å². The van der Waals surface area contributed by atoms with Gasteiger partial charge in [-0.05, 0) is 24.8 Å². The molecular weight excluding hydrogens is 248 g/mol. The second-order valence-corrected chi connectivity index (χ2v) is 4.78. The fourth-order valence-electron chi connectivity index (χ4n) is 2.25. The first-order valence-electron chi connectivity index (χ1n) is 6.56. The van der Waals surface area contributed by atoms with Crippen LogP contribution >= 0.6 is 0 Å². The van der Waals surface area contributed by atoms with E-state index in [1.807, 2.05) is 13.8 Å². The summed E-state index contributed by atoms with van der Waals surface area (Å²) in [6.07, 6.45) is 0.619. The zero-order valence-corrected chi connectivity index (χ0v) is 12.0. The first kappa shape index (κ1) is 15.9. The van der Waals surface area contributed by atoms with Gasteiger partial charge in [0.2, 0.25) is 0 Å². The van der Waals surface area contributed by atoms with Gasteiger partial charge in [0.1, 0.15) is 12.4 Å². The maximum atomic E-state index is 11.9. The van der Waals surface area contributed by atoms with Crippen LogP contribution in [0.4, 0.5) is 0 Å². The molecule has 1 rings (SSSR count). The van der Waals surface area contributed by atoms with Gasteiger partial charge in [-0.25, -0.2) is 4.79 Å². The molecule has 108 valence electrons. The summed E-state index contributed by atoms with van der Waals surface area (Å²) in [4.78, 5) is 23.7. The Morgan fingerprint density at radius 1 is 1.32 bits per heavy atom. The summed E-state index contributed by atoms with van der Waals surface area (Å²) in [5.74, 6) is -0.535. The molecule has 0 aromatic carbocycles. The number of hydrogen-bond donors (Lipinski definition) is 0. The van der Waals surface area contributed by atoms with Gasteiger partial charge in [-0.3, -0.25) is 4.79 Å². The molecule has 1 aliphatic carbocycles. The molecule has 0 spiro atoms. The largest absolute Gasteiger partial charge is 0.462 e. The SMILES string of the molecule is CCOC(=O)C1=C(C(OCOC)C(C)C)CCC1=O. The van der Waals surface area contributed by atoms with Crippen molar-refractivity contribution < 1.29 is 23.8 Å². The molecule has 0 heterocycles. The van der Waals surface area contributed by atoms with E-state index in [1.165, 1.54) is 7.11 Å². The summed E-state index contributed by atoms with van der Waals surface area (Å²) in [5, 5.41) is 0. The molecule has 1 atom stereocenters. The highest BCUT2D eigenvalue weighted by Gasteiger charge is 2.35. The van der Waals surface area contributed by atoms with E-state index in [4.69, 9.17) is 14.2 Å². The van der Waals surface area contributed by atoms with Gasteiger partial charge in [-0.2, -0.15) is 0 Å². The Labute approximate surface area is 113 Å². The van der Waals surface area contributed by atoms with Crippen LogP contribution in [0.3, 0.4) is 0 Å². The van der Waals surface area contributed by atoms with Gasteiger partial charge < -0.3 is 14.2 Å². The minimum absolute atomic E-state index is 0.136. The lowest BCUT2D eigenvalue weighted by atomic mass is 9.95. The molecule has 5 nitrogen and oxygen atoms in total. The molecule has 0 amide bonds. The van der Waals surface area contributed by atoms with Crippen molar-refractivity contribution in [2.75, 3.05) is 20.5 Å². The first-order chi connectivity index (χ1) is 9.02. The Bertz CT molecular complexity index is 370. The van der Waals surface area contributed by atoms with Gasteiger partial charge >= 0.3 is 5.97 Å². The van der Waals surface area contributed by atoms with Crippen molar-refractivity contribution in [3.05, 3.63) is 11.1 Å². The smallest absolute Gasteiger partial charge is 0.341 e. The number of methoxy groups -OCH3 is 1. The Balaban J connectivity index is 3.01. The molecule has 0 bridgehead atoms. The fraction of sp³-hybridized carbons (Fsp3) is 0.714. The predicted molar refractivity (Wildman–Crippen MR) is 69.5 cm³/mol. The average molecular weight is 270 g/mol. The number of carbonyl (C=O) groups excluding carboxylic acids is 2. The summed E-state index contributed by atoms with van der Waals surface area (Å²) in [6, 6.07) is 0. The van der Waals surface area contributed by atoms with Crippen LogP contribution in [0, 0.1) is 5.92 Å². The molecule has 1 aliphatic rings. The van der Waals surface area contributed by atoms with E-state index < -0.39 is 5.97 Å². The molecule has 1 unspecified atom stereocenters. The van der Waals surface area contributed by atoms with Crippen LogP contribution in [0.2, 0.25) is 0 Å². The third-order valence-corrected chi connectivity index (χ3v) is 3.02. The molecule has 0 radical (unpaired) electrons. The van der Waals surface area contributed by atoms with E-state index in [1.54, 1.807) is 6.92 Å². The monoisotopic (exact) mass is 270 g/mol. The zero-order chi connectivity index (χ0) is 14.4. The molecule has 19 heavy (non-hydrogen) atoms. The van der Waals surface area contributed by atoms with Gasteiger partial charge in [-0.15, -0.1) is 0 Å². The van der Waals surface area contributed by atoms with Gasteiger partial charge in [0.25, 0.3) is 0 Å². The number of carbonyl (C=O) groups is 2. The zero-order valence-electron chi connectivity index (χ0n) is 12.0. The first-order valence-corrected chi connectivity index (χ1v) is 6.56. The van der Waals surface area contributed by atoms with E-state index in [0.717, 1.165) is 5.57 Å². The van der Waals surface area contributed by atoms with Crippen LogP contribution in [0.25, 0.3) is 0 Å². The highest BCUT2D eigenvalue weighted by atomic mass is 16.7. The minimum Gasteiger partial charge on any atom is -0.462 e. The van der Waals surface area contributed by atoms with Crippen molar-refractivity contribution in [1.29, 1.82) is 0 Å². The average Bonchev–Trinajstić information content (AvgIpc) is 2.71. The van der Waals surface area contributed by atoms with E-state index in [9.17, 15) is 9.59 Å². The van der Waals surface area contributed by atoms with Crippen LogP contribution in [0.15, 0.2) is 11.1 Å². The van der Waals surface area contributed by atoms with E-state index in [2.05, 4.69) is 0 Å². The number of rotatable bonds is 7. The van der Waals surface area contributed by atoms with Crippen LogP contribution in [-0.2, 0) is 23.8 Å². The molecule has 0 aliphatic heterocycles. The van der Waals surface area contributed by atoms with Crippen LogP contribution in [-0.4, -0.2) is 38.4 Å². The quantitative estimate of drug-likeness (QED) is 0.401. The van der Waals surface area contributed by atoms with Crippen LogP contribution in [0.5, 0.6) is 0 Å². The highest BCUT2D eigenvalue weighted by Crippen LogP contribution is 2.31. The summed E-state index contributed by atoms with van der Waals surface area (Å²) in [7, 11) is 1.54. The van der Waals surface area contributed by atoms with Crippen molar-refractivity contribution in [1.82, 2.24) is 0 Å². The Kier molecular flexibility index (Phi) is 6.18. The van der Waals surface area contributed by atoms with E-state index in [-0.39, 0.29) is 36.8 Å². The lowest BCUT2D eigenvalue weighted by Gasteiger charge is -2.23. The summed E-state index contributed by atoms with van der Waals surface area (Å²) < 4.78 is 15.5. The third kappa shape index (κ3) is 3.88. The molecule has 0 aromatic heterocycles. The predicted octanol–water partition coefficient (Wildman–Crippen LogP) is 1.85. The Morgan fingerprint density at radius 2 is 2.00 bits per heavy atom. The standard InChI is InChI=1S/C14H22O5/c1-5-18-14(16)12-10(6-7-11(12)15)13(9(2)3)19-8-17-4/h9,13H,5-8H2,1-4H3. The number of hydrogen-bond acceptors (Lipinski definition) is 5. The highest BCUT2D eigenvalue weighted by molar-refractivity contribution is 6.19. The van der Waals surface area contributed by atoms with Crippen molar-refractivity contribution in [3.8, 4) is 0 Å². The van der Waals surface area contributed by atoms with Crippen LogP contribution < -0.4 is 0 Å². The number of ketones is 1. The lowest BCUT2D eigenvalue weighted by Crippen LogP contribution is -2.26. The number of esters is 1. The number of Topliss-reactive ketones (excluding diaryl/α,β-unsaturated/α-hetero) is 1. The maximum absolute atomic E-state index is 11.9. The second kappa shape index (κ2) is 7.40. The molecule has 0 fully saturated rings. The van der Waals surface area contributed by atoms with Crippen molar-refractivity contribution in [2.45, 2.75) is 39.7 Å². The summed E-state index contributed by atoms with van der Waals surface area (Å²) in [6.45, 7) is 6.08. The van der Waals surface area contributed by atoms with Crippen molar-refractivity contribution in [3.63, 3.8) is 0 Å². The van der Waals surface area contributed by atoms with Gasteiger partial charge in [0.15, 0.2) is 5.78 Å². The Hall–Kier alpha value is -1.20. The molecule has 5 heteroatoms. The minimum atomic E-state index is -0.535. The summed E-state index contributed by atoms with van der Waals surface area (Å²) in [5.41, 5.74) is 0.923. The van der Waals surface area contributed by atoms with Crippen molar-refractivity contribution >= 4 is 11.8 Å². The van der Waals surface area contributed by atoms with E-state index in [0.29, 0.717) is 12.8 Å². The Morgan fingerprint density at radius 3 is 2.53 bits per heavy atom. The summed E-state index contributed by atoms with van der Waals surface area (Å²) >= 11 is 0. The third-order valence-electron chi connectivity index (χ3n) is 3.02. The topological polar surface area (TPSA) is 61.8 Å². The van der Waals surface area contributed by atoms with Gasteiger partial charge in [0, 0.05) is 13.5 Å². The second-order valence-electron chi connectivity index (χ2n) is 4.78. The molecule has 0 aromatic rings. The molecule has 0 N–H and O–H groups in total.